The lowest BCUT2D eigenvalue weighted by Gasteiger charge is -2.41. The van der Waals surface area contributed by atoms with Gasteiger partial charge < -0.3 is 4.90 Å². The molecule has 0 spiro atoms. The van der Waals surface area contributed by atoms with Crippen LogP contribution in [0.3, 0.4) is 0 Å². The Kier molecular flexibility index (Phi) is 3.03. The third-order valence-electron chi connectivity index (χ3n) is 3.45. The molecule has 1 aliphatic rings. The fourth-order valence-electron chi connectivity index (χ4n) is 2.91. The summed E-state index contributed by atoms with van der Waals surface area (Å²) in [6, 6.07) is 1.37. The Bertz CT molecular complexity index is 155. The van der Waals surface area contributed by atoms with Crippen LogP contribution in [0.2, 0.25) is 0 Å². The third-order valence-corrected chi connectivity index (χ3v) is 3.45. The highest BCUT2D eigenvalue weighted by molar-refractivity contribution is 5.00. The van der Waals surface area contributed by atoms with Crippen LogP contribution in [0, 0.1) is 0 Å². The van der Waals surface area contributed by atoms with Crippen molar-refractivity contribution in [3.63, 3.8) is 0 Å². The zero-order valence-electron chi connectivity index (χ0n) is 9.96. The molecule has 2 nitrogen and oxygen atoms in total. The van der Waals surface area contributed by atoms with Crippen molar-refractivity contribution in [2.75, 3.05) is 20.6 Å². The van der Waals surface area contributed by atoms with E-state index in [2.05, 4.69) is 51.6 Å². The molecule has 13 heavy (non-hydrogen) atoms. The molecule has 1 atom stereocenters. The summed E-state index contributed by atoms with van der Waals surface area (Å²) in [5.41, 5.74) is 0.331. The minimum absolute atomic E-state index is 0.331. The second-order valence-electron chi connectivity index (χ2n) is 5.21. The molecule has 0 N–H and O–H groups in total. The van der Waals surface area contributed by atoms with E-state index in [9.17, 15) is 0 Å². The van der Waals surface area contributed by atoms with Gasteiger partial charge in [-0.25, -0.2) is 0 Å². The van der Waals surface area contributed by atoms with E-state index in [-0.39, 0.29) is 0 Å². The maximum Gasteiger partial charge on any atom is 0.0311 e. The monoisotopic (exact) mass is 184 g/mol. The fourth-order valence-corrected chi connectivity index (χ4v) is 2.91. The van der Waals surface area contributed by atoms with Crippen LogP contribution in [0.1, 0.15) is 34.1 Å². The predicted octanol–water partition coefficient (Wildman–Crippen LogP) is 1.81. The van der Waals surface area contributed by atoms with E-state index in [1.807, 2.05) is 0 Å². The molecule has 0 amide bonds. The zero-order valence-corrected chi connectivity index (χ0v) is 9.96. The number of hydrogen-bond donors (Lipinski definition) is 0. The van der Waals surface area contributed by atoms with E-state index in [1.165, 1.54) is 13.0 Å². The number of likely N-dealkylation sites (tertiary alicyclic amines) is 1. The molecule has 1 rings (SSSR count). The molecule has 1 aliphatic heterocycles. The molecule has 0 bridgehead atoms. The molecular weight excluding hydrogens is 160 g/mol. The molecule has 1 fully saturated rings. The van der Waals surface area contributed by atoms with Crippen molar-refractivity contribution in [1.29, 1.82) is 0 Å². The van der Waals surface area contributed by atoms with Gasteiger partial charge in [-0.1, -0.05) is 0 Å². The maximum atomic E-state index is 2.61. The molecule has 0 aliphatic carbocycles. The summed E-state index contributed by atoms with van der Waals surface area (Å²) in [6.07, 6.45) is 1.30. The predicted molar refractivity (Wildman–Crippen MR) is 58.0 cm³/mol. The molecule has 0 aromatic heterocycles. The van der Waals surface area contributed by atoms with Crippen LogP contribution < -0.4 is 0 Å². The standard InChI is InChI=1S/C11H24N2/c1-9(2)13-8-7-10(12(5)6)11(13,3)4/h9-10H,7-8H2,1-6H3/t10-/m0/s1. The van der Waals surface area contributed by atoms with Crippen molar-refractivity contribution in [3.8, 4) is 0 Å². The van der Waals surface area contributed by atoms with E-state index in [1.54, 1.807) is 0 Å². The Morgan fingerprint density at radius 1 is 1.31 bits per heavy atom. The van der Waals surface area contributed by atoms with E-state index >= 15 is 0 Å². The molecule has 0 radical (unpaired) electrons. The second-order valence-corrected chi connectivity index (χ2v) is 5.21. The molecule has 1 heterocycles. The lowest BCUT2D eigenvalue weighted by molar-refractivity contribution is 0.0838. The van der Waals surface area contributed by atoms with E-state index in [4.69, 9.17) is 0 Å². The van der Waals surface area contributed by atoms with Gasteiger partial charge in [0, 0.05) is 24.2 Å². The average Bonchev–Trinajstić information content (AvgIpc) is 2.24. The van der Waals surface area contributed by atoms with Gasteiger partial charge in [0.25, 0.3) is 0 Å². The Balaban J connectivity index is 2.76. The molecule has 0 unspecified atom stereocenters. The molecular formula is C11H24N2. The largest absolute Gasteiger partial charge is 0.305 e. The topological polar surface area (TPSA) is 6.48 Å². The van der Waals surface area contributed by atoms with Crippen molar-refractivity contribution >= 4 is 0 Å². The molecule has 0 saturated carbocycles. The maximum absolute atomic E-state index is 2.61. The van der Waals surface area contributed by atoms with Gasteiger partial charge in [-0.3, -0.25) is 4.90 Å². The Morgan fingerprint density at radius 2 is 1.85 bits per heavy atom. The van der Waals surface area contributed by atoms with E-state index < -0.39 is 0 Å². The number of nitrogens with zero attached hydrogens (tertiary/aromatic N) is 2. The Labute approximate surface area is 82.9 Å². The SMILES string of the molecule is CC(C)N1CC[C@H](N(C)C)C1(C)C. The van der Waals surface area contributed by atoms with Crippen molar-refractivity contribution in [3.05, 3.63) is 0 Å². The molecule has 0 aromatic rings. The number of rotatable bonds is 2. The van der Waals surface area contributed by atoms with Gasteiger partial charge in [-0.15, -0.1) is 0 Å². The quantitative estimate of drug-likeness (QED) is 0.646. The van der Waals surface area contributed by atoms with Crippen LogP contribution in [-0.2, 0) is 0 Å². The first kappa shape index (κ1) is 11.0. The lowest BCUT2D eigenvalue weighted by Crippen LogP contribution is -2.52. The number of hydrogen-bond acceptors (Lipinski definition) is 2. The van der Waals surface area contributed by atoms with Gasteiger partial charge in [-0.2, -0.15) is 0 Å². The summed E-state index contributed by atoms with van der Waals surface area (Å²) in [7, 11) is 4.38. The van der Waals surface area contributed by atoms with Crippen LogP contribution in [-0.4, -0.2) is 48.1 Å². The van der Waals surface area contributed by atoms with Crippen molar-refractivity contribution in [1.82, 2.24) is 9.80 Å². The molecule has 1 saturated heterocycles. The lowest BCUT2D eigenvalue weighted by atomic mass is 9.94. The van der Waals surface area contributed by atoms with Gasteiger partial charge in [0.15, 0.2) is 0 Å². The van der Waals surface area contributed by atoms with Crippen LogP contribution >= 0.6 is 0 Å². The highest BCUT2D eigenvalue weighted by atomic mass is 15.3. The number of likely N-dealkylation sites (N-methyl/N-ethyl adjacent to an activating group) is 1. The van der Waals surface area contributed by atoms with Crippen LogP contribution in [0.25, 0.3) is 0 Å². The zero-order chi connectivity index (χ0) is 10.2. The first-order valence-electron chi connectivity index (χ1n) is 5.30. The average molecular weight is 184 g/mol. The van der Waals surface area contributed by atoms with Gasteiger partial charge in [-0.05, 0) is 48.2 Å². The normalized spacial score (nSPS) is 29.1. The van der Waals surface area contributed by atoms with Gasteiger partial charge in [0.05, 0.1) is 0 Å². The summed E-state index contributed by atoms with van der Waals surface area (Å²) in [4.78, 5) is 4.97. The first-order chi connectivity index (χ1) is 5.87. The highest BCUT2D eigenvalue weighted by Crippen LogP contribution is 2.32. The first-order valence-corrected chi connectivity index (χ1v) is 5.30. The highest BCUT2D eigenvalue weighted by Gasteiger charge is 2.42. The van der Waals surface area contributed by atoms with Crippen LogP contribution in [0.5, 0.6) is 0 Å². The molecule has 2 heteroatoms. The summed E-state index contributed by atoms with van der Waals surface area (Å²) in [5, 5.41) is 0. The minimum Gasteiger partial charge on any atom is -0.305 e. The summed E-state index contributed by atoms with van der Waals surface area (Å²) >= 11 is 0. The third kappa shape index (κ3) is 1.89. The van der Waals surface area contributed by atoms with E-state index in [0.717, 1.165) is 0 Å². The molecule has 0 aromatic carbocycles. The summed E-state index contributed by atoms with van der Waals surface area (Å²) in [6.45, 7) is 10.6. The minimum atomic E-state index is 0.331. The van der Waals surface area contributed by atoms with Crippen LogP contribution in [0.15, 0.2) is 0 Å². The van der Waals surface area contributed by atoms with E-state index in [0.29, 0.717) is 17.6 Å². The Hall–Kier alpha value is -0.0800. The fraction of sp³-hybridized carbons (Fsp3) is 1.00. The smallest absolute Gasteiger partial charge is 0.0311 e. The summed E-state index contributed by atoms with van der Waals surface area (Å²) in [5.74, 6) is 0. The van der Waals surface area contributed by atoms with Crippen molar-refractivity contribution < 1.29 is 0 Å². The molecule has 78 valence electrons. The van der Waals surface area contributed by atoms with Gasteiger partial charge in [0.1, 0.15) is 0 Å². The van der Waals surface area contributed by atoms with Gasteiger partial charge >= 0.3 is 0 Å². The Morgan fingerprint density at radius 3 is 2.08 bits per heavy atom. The summed E-state index contributed by atoms with van der Waals surface area (Å²) < 4.78 is 0. The second kappa shape index (κ2) is 3.58. The van der Waals surface area contributed by atoms with Crippen molar-refractivity contribution in [2.45, 2.75) is 51.7 Å². The van der Waals surface area contributed by atoms with Crippen molar-refractivity contribution in [2.24, 2.45) is 0 Å². The van der Waals surface area contributed by atoms with Gasteiger partial charge in [0.2, 0.25) is 0 Å². The van der Waals surface area contributed by atoms with Crippen LogP contribution in [0.4, 0.5) is 0 Å².